The Balaban J connectivity index is 1.84. The van der Waals surface area contributed by atoms with Gasteiger partial charge in [-0.25, -0.2) is 4.98 Å². The zero-order chi connectivity index (χ0) is 16.2. The van der Waals surface area contributed by atoms with Crippen LogP contribution in [-0.2, 0) is 11.8 Å². The maximum Gasteiger partial charge on any atom is 0.223 e. The first-order valence-corrected chi connectivity index (χ1v) is 8.56. The molecule has 1 unspecified atom stereocenters. The summed E-state index contributed by atoms with van der Waals surface area (Å²) in [6, 6.07) is 7.34. The molecule has 3 rings (SSSR count). The van der Waals surface area contributed by atoms with Crippen molar-refractivity contribution in [2.75, 3.05) is 0 Å². The van der Waals surface area contributed by atoms with Crippen LogP contribution in [0.25, 0.3) is 0 Å². The molecule has 23 heavy (non-hydrogen) atoms. The minimum atomic E-state index is -0.248. The lowest BCUT2D eigenvalue weighted by Crippen LogP contribution is -2.36. The third-order valence-corrected chi connectivity index (χ3v) is 4.83. The first-order valence-electron chi connectivity index (χ1n) is 8.18. The van der Waals surface area contributed by atoms with Crippen molar-refractivity contribution in [2.24, 2.45) is 13.0 Å². The molecule has 1 aliphatic carbocycles. The highest BCUT2D eigenvalue weighted by atomic mass is 35.5. The molecule has 0 bridgehead atoms. The number of aryl methyl sites for hydroxylation is 1. The van der Waals surface area contributed by atoms with E-state index in [1.807, 2.05) is 42.1 Å². The topological polar surface area (TPSA) is 46.9 Å². The van der Waals surface area contributed by atoms with E-state index in [4.69, 9.17) is 11.6 Å². The molecule has 1 N–H and O–H groups in total. The van der Waals surface area contributed by atoms with Gasteiger partial charge in [-0.05, 0) is 30.5 Å². The molecule has 5 heteroatoms. The van der Waals surface area contributed by atoms with E-state index in [0.717, 1.165) is 37.1 Å². The number of hydrogen-bond acceptors (Lipinski definition) is 2. The lowest BCUT2D eigenvalue weighted by molar-refractivity contribution is -0.126. The quantitative estimate of drug-likeness (QED) is 0.924. The maximum absolute atomic E-state index is 12.7. The Bertz CT molecular complexity index is 659. The van der Waals surface area contributed by atoms with E-state index in [-0.39, 0.29) is 17.9 Å². The molecular weight excluding hydrogens is 310 g/mol. The Hall–Kier alpha value is -1.81. The number of benzene rings is 1. The molecule has 0 spiro atoms. The highest BCUT2D eigenvalue weighted by molar-refractivity contribution is 6.30. The number of halogens is 1. The smallest absolute Gasteiger partial charge is 0.223 e. The average Bonchev–Trinajstić information content (AvgIpc) is 3.00. The number of imidazole rings is 1. The van der Waals surface area contributed by atoms with E-state index in [9.17, 15) is 4.79 Å². The van der Waals surface area contributed by atoms with Crippen molar-refractivity contribution in [1.82, 2.24) is 14.9 Å². The van der Waals surface area contributed by atoms with Crippen LogP contribution in [-0.4, -0.2) is 15.5 Å². The van der Waals surface area contributed by atoms with Gasteiger partial charge in [0.2, 0.25) is 5.91 Å². The molecule has 2 aromatic rings. The summed E-state index contributed by atoms with van der Waals surface area (Å²) in [5.74, 6) is 1.09. The molecule has 1 fully saturated rings. The van der Waals surface area contributed by atoms with Crippen molar-refractivity contribution in [3.8, 4) is 0 Å². The van der Waals surface area contributed by atoms with Crippen LogP contribution in [0.2, 0.25) is 5.02 Å². The minimum Gasteiger partial charge on any atom is -0.342 e. The van der Waals surface area contributed by atoms with Crippen LogP contribution in [0, 0.1) is 5.92 Å². The Morgan fingerprint density at radius 2 is 1.96 bits per heavy atom. The van der Waals surface area contributed by atoms with Gasteiger partial charge in [0.1, 0.15) is 11.9 Å². The van der Waals surface area contributed by atoms with E-state index in [1.165, 1.54) is 6.42 Å². The molecule has 1 aromatic heterocycles. The second-order valence-electron chi connectivity index (χ2n) is 6.22. The van der Waals surface area contributed by atoms with Gasteiger partial charge < -0.3 is 9.88 Å². The molecule has 1 atom stereocenters. The Labute approximate surface area is 141 Å². The molecule has 1 aliphatic rings. The summed E-state index contributed by atoms with van der Waals surface area (Å²) in [5.41, 5.74) is 0.993. The van der Waals surface area contributed by atoms with Crippen LogP contribution < -0.4 is 5.32 Å². The lowest BCUT2D eigenvalue weighted by atomic mass is 9.88. The first kappa shape index (κ1) is 16.1. The van der Waals surface area contributed by atoms with E-state index in [0.29, 0.717) is 5.02 Å². The number of rotatable bonds is 4. The van der Waals surface area contributed by atoms with Crippen molar-refractivity contribution in [2.45, 2.75) is 38.1 Å². The van der Waals surface area contributed by atoms with Crippen molar-refractivity contribution < 1.29 is 4.79 Å². The summed E-state index contributed by atoms with van der Waals surface area (Å²) in [7, 11) is 1.94. The van der Waals surface area contributed by atoms with Crippen LogP contribution in [0.5, 0.6) is 0 Å². The zero-order valence-electron chi connectivity index (χ0n) is 13.3. The average molecular weight is 332 g/mol. The SMILES string of the molecule is Cn1ccnc1C(NC(=O)C1CCCCC1)c1ccc(Cl)cc1. The Morgan fingerprint density at radius 1 is 1.26 bits per heavy atom. The van der Waals surface area contributed by atoms with Gasteiger partial charge in [-0.15, -0.1) is 0 Å². The predicted molar refractivity (Wildman–Crippen MR) is 91.2 cm³/mol. The number of nitrogens with one attached hydrogen (secondary N) is 1. The third kappa shape index (κ3) is 3.75. The fourth-order valence-electron chi connectivity index (χ4n) is 3.23. The monoisotopic (exact) mass is 331 g/mol. The van der Waals surface area contributed by atoms with E-state index >= 15 is 0 Å². The molecule has 1 saturated carbocycles. The maximum atomic E-state index is 12.7. The molecular formula is C18H22ClN3O. The van der Waals surface area contributed by atoms with E-state index in [2.05, 4.69) is 10.3 Å². The molecule has 1 aromatic carbocycles. The van der Waals surface area contributed by atoms with Gasteiger partial charge >= 0.3 is 0 Å². The number of amides is 1. The molecule has 1 amide bonds. The highest BCUT2D eigenvalue weighted by Crippen LogP contribution is 2.27. The summed E-state index contributed by atoms with van der Waals surface area (Å²) in [5, 5.41) is 3.89. The Kier molecular flexibility index (Phi) is 5.01. The summed E-state index contributed by atoms with van der Waals surface area (Å²) in [6.45, 7) is 0. The van der Waals surface area contributed by atoms with Gasteiger partial charge in [-0.3, -0.25) is 4.79 Å². The fraction of sp³-hybridized carbons (Fsp3) is 0.444. The zero-order valence-corrected chi connectivity index (χ0v) is 14.1. The molecule has 0 radical (unpaired) electrons. The fourth-order valence-corrected chi connectivity index (χ4v) is 3.36. The van der Waals surface area contributed by atoms with Gasteiger partial charge in [0.25, 0.3) is 0 Å². The van der Waals surface area contributed by atoms with Crippen LogP contribution in [0.3, 0.4) is 0 Å². The van der Waals surface area contributed by atoms with Crippen molar-refractivity contribution in [3.05, 3.63) is 53.1 Å². The second kappa shape index (κ2) is 7.18. The number of nitrogens with zero attached hydrogens (tertiary/aromatic N) is 2. The van der Waals surface area contributed by atoms with Crippen LogP contribution in [0.4, 0.5) is 0 Å². The summed E-state index contributed by atoms with van der Waals surface area (Å²) in [4.78, 5) is 17.1. The third-order valence-electron chi connectivity index (χ3n) is 4.58. The number of carbonyl (C=O) groups is 1. The molecule has 122 valence electrons. The second-order valence-corrected chi connectivity index (χ2v) is 6.66. The Morgan fingerprint density at radius 3 is 2.57 bits per heavy atom. The van der Waals surface area contributed by atoms with Gasteiger partial charge in [0, 0.05) is 30.4 Å². The van der Waals surface area contributed by atoms with Gasteiger partial charge in [-0.1, -0.05) is 43.0 Å². The van der Waals surface area contributed by atoms with Crippen molar-refractivity contribution >= 4 is 17.5 Å². The number of carbonyl (C=O) groups excluding carboxylic acids is 1. The van der Waals surface area contributed by atoms with Crippen molar-refractivity contribution in [3.63, 3.8) is 0 Å². The number of hydrogen-bond donors (Lipinski definition) is 1. The summed E-state index contributed by atoms with van der Waals surface area (Å²) < 4.78 is 1.94. The highest BCUT2D eigenvalue weighted by Gasteiger charge is 2.26. The lowest BCUT2D eigenvalue weighted by Gasteiger charge is -2.25. The minimum absolute atomic E-state index is 0.124. The first-order chi connectivity index (χ1) is 11.1. The van der Waals surface area contributed by atoms with Crippen molar-refractivity contribution in [1.29, 1.82) is 0 Å². The van der Waals surface area contributed by atoms with E-state index < -0.39 is 0 Å². The molecule has 0 aliphatic heterocycles. The molecule has 4 nitrogen and oxygen atoms in total. The van der Waals surface area contributed by atoms with Crippen LogP contribution >= 0.6 is 11.6 Å². The standard InChI is InChI=1S/C18H22ClN3O/c1-22-12-11-20-17(22)16(13-7-9-15(19)10-8-13)21-18(23)14-5-3-2-4-6-14/h7-12,14,16H,2-6H2,1H3,(H,21,23). The van der Waals surface area contributed by atoms with Crippen LogP contribution in [0.15, 0.2) is 36.7 Å². The van der Waals surface area contributed by atoms with Gasteiger partial charge in [0.05, 0.1) is 0 Å². The molecule has 0 saturated heterocycles. The molecule has 1 heterocycles. The summed E-state index contributed by atoms with van der Waals surface area (Å²) in [6.07, 6.45) is 9.15. The number of aromatic nitrogens is 2. The summed E-state index contributed by atoms with van der Waals surface area (Å²) >= 11 is 5.99. The van der Waals surface area contributed by atoms with Gasteiger partial charge in [-0.2, -0.15) is 0 Å². The predicted octanol–water partition coefficient (Wildman–Crippen LogP) is 3.86. The van der Waals surface area contributed by atoms with Gasteiger partial charge in [0.15, 0.2) is 0 Å². The largest absolute Gasteiger partial charge is 0.342 e. The normalized spacial score (nSPS) is 17.0. The van der Waals surface area contributed by atoms with E-state index in [1.54, 1.807) is 6.20 Å². The van der Waals surface area contributed by atoms with Crippen LogP contribution in [0.1, 0.15) is 49.5 Å².